The van der Waals surface area contributed by atoms with Crippen molar-refractivity contribution in [3.63, 3.8) is 0 Å². The Labute approximate surface area is 115 Å². The first-order valence-electron chi connectivity index (χ1n) is 6.39. The van der Waals surface area contributed by atoms with Crippen molar-refractivity contribution in [2.24, 2.45) is 5.73 Å². The van der Waals surface area contributed by atoms with Gasteiger partial charge in [-0.2, -0.15) is 0 Å². The Morgan fingerprint density at radius 3 is 2.39 bits per heavy atom. The van der Waals surface area contributed by atoms with Crippen molar-refractivity contribution in [3.8, 4) is 5.75 Å². The van der Waals surface area contributed by atoms with Gasteiger partial charge in [-0.05, 0) is 42.0 Å². The van der Waals surface area contributed by atoms with Gasteiger partial charge in [0.15, 0.2) is 0 Å². The molecule has 0 saturated carbocycles. The summed E-state index contributed by atoms with van der Waals surface area (Å²) in [6, 6.07) is 4.00. The maximum Gasteiger partial charge on any atom is 0.126 e. The Kier molecular flexibility index (Phi) is 5.06. The molecule has 1 rings (SSSR count). The molecule has 1 atom stereocenters. The molecular weight excluding hydrogens is 246 g/mol. The third-order valence-corrected chi connectivity index (χ3v) is 3.44. The third kappa shape index (κ3) is 3.39. The first kappa shape index (κ1) is 15.3. The molecule has 1 aromatic rings. The van der Waals surface area contributed by atoms with Crippen LogP contribution in [0.25, 0.3) is 0 Å². The van der Waals surface area contributed by atoms with Gasteiger partial charge in [-0.3, -0.25) is 0 Å². The average Bonchev–Trinajstić information content (AvgIpc) is 2.27. The summed E-state index contributed by atoms with van der Waals surface area (Å²) in [7, 11) is 1.72. The van der Waals surface area contributed by atoms with Crippen LogP contribution in [0.2, 0.25) is 5.02 Å². The highest BCUT2D eigenvalue weighted by atomic mass is 35.5. The van der Waals surface area contributed by atoms with E-state index in [1.165, 1.54) is 0 Å². The summed E-state index contributed by atoms with van der Waals surface area (Å²) < 4.78 is 5.63. The van der Waals surface area contributed by atoms with Crippen LogP contribution in [0.3, 0.4) is 0 Å². The maximum atomic E-state index is 6.24. The Balaban J connectivity index is 3.38. The van der Waals surface area contributed by atoms with Crippen LogP contribution in [0.1, 0.15) is 51.2 Å². The molecule has 3 heteroatoms. The van der Waals surface area contributed by atoms with Crippen LogP contribution in [0.15, 0.2) is 12.1 Å². The number of methoxy groups -OCH3 is 1. The normalized spacial score (nSPS) is 13.5. The van der Waals surface area contributed by atoms with Crippen molar-refractivity contribution in [1.82, 2.24) is 0 Å². The maximum absolute atomic E-state index is 6.24. The van der Waals surface area contributed by atoms with Crippen molar-refractivity contribution >= 4 is 11.6 Å². The predicted molar refractivity (Wildman–Crippen MR) is 78.8 cm³/mol. The molecule has 18 heavy (non-hydrogen) atoms. The molecule has 0 saturated heterocycles. The van der Waals surface area contributed by atoms with Gasteiger partial charge in [-0.15, -0.1) is 0 Å². The molecule has 0 amide bonds. The van der Waals surface area contributed by atoms with E-state index in [0.717, 1.165) is 28.3 Å². The van der Waals surface area contributed by atoms with Gasteiger partial charge in [-0.1, -0.05) is 39.3 Å². The van der Waals surface area contributed by atoms with E-state index in [1.54, 1.807) is 7.11 Å². The fraction of sp³-hybridized carbons (Fsp3) is 0.600. The second kappa shape index (κ2) is 5.94. The number of nitrogens with two attached hydrogens (primary N) is 1. The van der Waals surface area contributed by atoms with Gasteiger partial charge in [0.2, 0.25) is 0 Å². The average molecular weight is 270 g/mol. The highest BCUT2D eigenvalue weighted by molar-refractivity contribution is 6.30. The van der Waals surface area contributed by atoms with E-state index < -0.39 is 0 Å². The van der Waals surface area contributed by atoms with Gasteiger partial charge >= 0.3 is 0 Å². The molecular formula is C15H24ClNO. The number of benzene rings is 1. The van der Waals surface area contributed by atoms with Crippen LogP contribution in [-0.2, 0) is 5.41 Å². The van der Waals surface area contributed by atoms with Gasteiger partial charge in [-0.25, -0.2) is 0 Å². The third-order valence-electron chi connectivity index (χ3n) is 3.23. The minimum atomic E-state index is 0.00737. The summed E-state index contributed by atoms with van der Waals surface area (Å²) in [5.74, 6) is 1.30. The molecule has 102 valence electrons. The Bertz CT molecular complexity index is 410. The smallest absolute Gasteiger partial charge is 0.126 e. The van der Waals surface area contributed by atoms with Crippen molar-refractivity contribution < 1.29 is 4.74 Å². The molecule has 2 N–H and O–H groups in total. The van der Waals surface area contributed by atoms with Crippen LogP contribution in [0, 0.1) is 0 Å². The summed E-state index contributed by atoms with van der Waals surface area (Å²) in [6.45, 7) is 9.32. The van der Waals surface area contributed by atoms with Gasteiger partial charge < -0.3 is 10.5 Å². The fourth-order valence-corrected chi connectivity index (χ4v) is 2.40. The number of hydrogen-bond donors (Lipinski definition) is 1. The number of rotatable bonds is 4. The van der Waals surface area contributed by atoms with E-state index in [4.69, 9.17) is 22.1 Å². The van der Waals surface area contributed by atoms with Crippen LogP contribution >= 0.6 is 11.6 Å². The van der Waals surface area contributed by atoms with E-state index in [-0.39, 0.29) is 5.41 Å². The van der Waals surface area contributed by atoms with Gasteiger partial charge in [0.1, 0.15) is 5.75 Å². The Morgan fingerprint density at radius 2 is 1.94 bits per heavy atom. The lowest BCUT2D eigenvalue weighted by Crippen LogP contribution is -2.15. The summed E-state index contributed by atoms with van der Waals surface area (Å²) in [4.78, 5) is 0. The van der Waals surface area contributed by atoms with Gasteiger partial charge in [0.25, 0.3) is 0 Å². The predicted octanol–water partition coefficient (Wildman–Crippen LogP) is 4.10. The topological polar surface area (TPSA) is 35.2 Å². The van der Waals surface area contributed by atoms with Crippen LogP contribution in [0.5, 0.6) is 5.75 Å². The van der Waals surface area contributed by atoms with Crippen molar-refractivity contribution in [1.29, 1.82) is 0 Å². The minimum Gasteiger partial charge on any atom is -0.496 e. The zero-order chi connectivity index (χ0) is 13.9. The summed E-state index contributed by atoms with van der Waals surface area (Å²) >= 11 is 6.24. The van der Waals surface area contributed by atoms with E-state index in [1.807, 2.05) is 12.1 Å². The Hall–Kier alpha value is -0.730. The summed E-state index contributed by atoms with van der Waals surface area (Å²) in [5.41, 5.74) is 7.96. The number of halogens is 1. The van der Waals surface area contributed by atoms with E-state index >= 15 is 0 Å². The van der Waals surface area contributed by atoms with Crippen molar-refractivity contribution in [3.05, 3.63) is 28.3 Å². The van der Waals surface area contributed by atoms with Crippen LogP contribution in [0.4, 0.5) is 0 Å². The highest BCUT2D eigenvalue weighted by Gasteiger charge is 2.23. The standard InChI is InChI=1S/C15H24ClNO/c1-10(6-7-17)12-8-11(16)9-13(14(12)18-5)15(2,3)4/h8-10H,6-7,17H2,1-5H3. The molecule has 0 fully saturated rings. The number of hydrogen-bond acceptors (Lipinski definition) is 2. The zero-order valence-corrected chi connectivity index (χ0v) is 12.8. The van der Waals surface area contributed by atoms with Crippen LogP contribution < -0.4 is 10.5 Å². The molecule has 0 radical (unpaired) electrons. The summed E-state index contributed by atoms with van der Waals surface area (Å²) in [6.07, 6.45) is 0.931. The fourth-order valence-electron chi connectivity index (χ4n) is 2.17. The summed E-state index contributed by atoms with van der Waals surface area (Å²) in [5, 5.41) is 0.764. The lowest BCUT2D eigenvalue weighted by Gasteiger charge is -2.26. The van der Waals surface area contributed by atoms with E-state index in [2.05, 4.69) is 27.7 Å². The number of ether oxygens (including phenoxy) is 1. The Morgan fingerprint density at radius 1 is 1.33 bits per heavy atom. The molecule has 0 spiro atoms. The second-order valence-corrected chi connectivity index (χ2v) is 6.24. The van der Waals surface area contributed by atoms with Crippen LogP contribution in [-0.4, -0.2) is 13.7 Å². The second-order valence-electron chi connectivity index (χ2n) is 5.80. The minimum absolute atomic E-state index is 0.00737. The molecule has 0 bridgehead atoms. The largest absolute Gasteiger partial charge is 0.496 e. The molecule has 0 aliphatic rings. The van der Waals surface area contributed by atoms with E-state index in [9.17, 15) is 0 Å². The first-order valence-corrected chi connectivity index (χ1v) is 6.77. The van der Waals surface area contributed by atoms with Gasteiger partial charge in [0, 0.05) is 10.6 Å². The zero-order valence-electron chi connectivity index (χ0n) is 12.0. The monoisotopic (exact) mass is 269 g/mol. The molecule has 2 nitrogen and oxygen atoms in total. The lowest BCUT2D eigenvalue weighted by atomic mass is 9.83. The van der Waals surface area contributed by atoms with Crippen molar-refractivity contribution in [2.45, 2.75) is 45.4 Å². The SMILES string of the molecule is COc1c(C(C)CCN)cc(Cl)cc1C(C)(C)C. The molecule has 1 unspecified atom stereocenters. The quantitative estimate of drug-likeness (QED) is 0.893. The lowest BCUT2D eigenvalue weighted by molar-refractivity contribution is 0.389. The first-order chi connectivity index (χ1) is 8.31. The molecule has 1 aromatic carbocycles. The molecule has 0 aromatic heterocycles. The van der Waals surface area contributed by atoms with Gasteiger partial charge in [0.05, 0.1) is 7.11 Å². The van der Waals surface area contributed by atoms with E-state index in [0.29, 0.717) is 12.5 Å². The molecule has 0 heterocycles. The van der Waals surface area contributed by atoms with Crippen molar-refractivity contribution in [2.75, 3.05) is 13.7 Å². The molecule has 0 aliphatic heterocycles. The molecule has 0 aliphatic carbocycles. The highest BCUT2D eigenvalue weighted by Crippen LogP contribution is 2.40.